The predicted molar refractivity (Wildman–Crippen MR) is 137 cm³/mol. The van der Waals surface area contributed by atoms with Crippen LogP contribution in [0.25, 0.3) is 0 Å². The first-order chi connectivity index (χ1) is 16.6. The van der Waals surface area contributed by atoms with Crippen LogP contribution in [0.3, 0.4) is 0 Å². The molecule has 35 heavy (non-hydrogen) atoms. The van der Waals surface area contributed by atoms with Gasteiger partial charge in [-0.15, -0.1) is 23.2 Å². The van der Waals surface area contributed by atoms with Crippen molar-refractivity contribution in [2.75, 3.05) is 16.8 Å². The second kappa shape index (κ2) is 10.3. The summed E-state index contributed by atoms with van der Waals surface area (Å²) >= 11 is 15.9. The molecule has 4 atom stereocenters. The van der Waals surface area contributed by atoms with Gasteiger partial charge in [0.1, 0.15) is 0 Å². The summed E-state index contributed by atoms with van der Waals surface area (Å²) in [6, 6.07) is 9.65. The fraction of sp³-hybridized carbons (Fsp3) is 0.360. The largest absolute Gasteiger partial charge is 0.452 e. The number of fused-ring (bicyclic) bond motifs is 1. The number of aryl methyl sites for hydroxylation is 2. The van der Waals surface area contributed by atoms with Crippen LogP contribution in [-0.4, -0.2) is 41.1 Å². The Kier molecular flexibility index (Phi) is 7.54. The number of nitrogens with zero attached hydrogens (tertiary/aromatic N) is 1. The maximum absolute atomic E-state index is 12.9. The lowest BCUT2D eigenvalue weighted by molar-refractivity contribution is -0.122. The number of benzene rings is 2. The van der Waals surface area contributed by atoms with Crippen LogP contribution >= 0.6 is 39.1 Å². The van der Waals surface area contributed by atoms with E-state index < -0.39 is 30.3 Å². The van der Waals surface area contributed by atoms with Crippen molar-refractivity contribution in [2.45, 2.75) is 37.4 Å². The molecule has 1 saturated carbocycles. The Bertz CT molecular complexity index is 1180. The van der Waals surface area contributed by atoms with Gasteiger partial charge in [-0.1, -0.05) is 15.9 Å². The van der Waals surface area contributed by atoms with E-state index in [2.05, 4.69) is 21.2 Å². The molecule has 0 radical (unpaired) electrons. The third-order valence-corrected chi connectivity index (χ3v) is 8.33. The molecule has 2 aromatic carbocycles. The molecule has 0 spiro atoms. The molecule has 4 rings (SSSR count). The van der Waals surface area contributed by atoms with Crippen LogP contribution in [0.5, 0.6) is 0 Å². The lowest BCUT2D eigenvalue weighted by atomic mass is 9.80. The van der Waals surface area contributed by atoms with Gasteiger partial charge >= 0.3 is 5.97 Å². The molecular formula is C25H23BrCl2N2O5. The van der Waals surface area contributed by atoms with E-state index in [4.69, 9.17) is 27.9 Å². The Hall–Kier alpha value is -2.42. The molecule has 1 aliphatic carbocycles. The summed E-state index contributed by atoms with van der Waals surface area (Å²) in [5.74, 6) is -2.74. The highest BCUT2D eigenvalue weighted by Crippen LogP contribution is 2.43. The Labute approximate surface area is 221 Å². The number of imide groups is 1. The molecule has 0 unspecified atom stereocenters. The van der Waals surface area contributed by atoms with E-state index in [1.807, 2.05) is 26.0 Å². The molecule has 184 valence electrons. The minimum absolute atomic E-state index is 0.190. The molecule has 1 N–H and O–H groups in total. The number of halogens is 3. The summed E-state index contributed by atoms with van der Waals surface area (Å²) in [5.41, 5.74) is 3.02. The minimum atomic E-state index is -0.696. The first-order valence-corrected chi connectivity index (χ1v) is 12.7. The van der Waals surface area contributed by atoms with Crippen LogP contribution in [0.15, 0.2) is 40.9 Å². The lowest BCUT2D eigenvalue weighted by Crippen LogP contribution is -2.34. The van der Waals surface area contributed by atoms with Crippen LogP contribution in [0.4, 0.5) is 11.4 Å². The Balaban J connectivity index is 1.37. The summed E-state index contributed by atoms with van der Waals surface area (Å²) in [6.07, 6.45) is 0.709. The van der Waals surface area contributed by atoms with E-state index in [-0.39, 0.29) is 28.1 Å². The van der Waals surface area contributed by atoms with Gasteiger partial charge in [-0.2, -0.15) is 0 Å². The smallest absolute Gasteiger partial charge is 0.338 e. The monoisotopic (exact) mass is 580 g/mol. The molecule has 2 aliphatic rings. The number of rotatable bonds is 5. The fourth-order valence-electron chi connectivity index (χ4n) is 4.41. The highest BCUT2D eigenvalue weighted by atomic mass is 79.9. The zero-order valence-corrected chi connectivity index (χ0v) is 22.1. The maximum Gasteiger partial charge on any atom is 0.338 e. The van der Waals surface area contributed by atoms with Gasteiger partial charge in [-0.25, -0.2) is 4.79 Å². The van der Waals surface area contributed by atoms with Crippen molar-refractivity contribution in [1.82, 2.24) is 0 Å². The van der Waals surface area contributed by atoms with Gasteiger partial charge in [0.2, 0.25) is 11.8 Å². The summed E-state index contributed by atoms with van der Waals surface area (Å²) in [4.78, 5) is 51.6. The van der Waals surface area contributed by atoms with Gasteiger partial charge in [0.05, 0.1) is 33.8 Å². The zero-order valence-electron chi connectivity index (χ0n) is 19.0. The van der Waals surface area contributed by atoms with Crippen molar-refractivity contribution in [3.63, 3.8) is 0 Å². The van der Waals surface area contributed by atoms with E-state index in [0.717, 1.165) is 20.5 Å². The molecule has 1 aliphatic heterocycles. The summed E-state index contributed by atoms with van der Waals surface area (Å²) in [6.45, 7) is 3.31. The number of carbonyl (C=O) groups excluding carboxylic acids is 4. The quantitative estimate of drug-likeness (QED) is 0.305. The normalized spacial score (nSPS) is 23.7. The molecule has 1 saturated heterocycles. The summed E-state index contributed by atoms with van der Waals surface area (Å²) in [7, 11) is 0. The number of esters is 1. The first-order valence-electron chi connectivity index (χ1n) is 11.1. The Morgan fingerprint density at radius 2 is 1.57 bits per heavy atom. The van der Waals surface area contributed by atoms with Gasteiger partial charge in [0.15, 0.2) is 6.61 Å². The van der Waals surface area contributed by atoms with Gasteiger partial charge < -0.3 is 10.1 Å². The van der Waals surface area contributed by atoms with Crippen molar-refractivity contribution in [1.29, 1.82) is 0 Å². The number of carbonyl (C=O) groups is 4. The highest BCUT2D eigenvalue weighted by Gasteiger charge is 2.52. The van der Waals surface area contributed by atoms with Crippen LogP contribution in [0, 0.1) is 25.7 Å². The second-order valence-corrected chi connectivity index (χ2v) is 10.8. The van der Waals surface area contributed by atoms with Gasteiger partial charge in [0, 0.05) is 10.2 Å². The minimum Gasteiger partial charge on any atom is -0.452 e. The van der Waals surface area contributed by atoms with E-state index in [1.165, 1.54) is 24.3 Å². The number of nitrogens with one attached hydrogen (secondary N) is 1. The van der Waals surface area contributed by atoms with E-state index in [0.29, 0.717) is 24.2 Å². The molecule has 10 heteroatoms. The number of hydrogen-bond donors (Lipinski definition) is 1. The molecule has 3 amide bonds. The van der Waals surface area contributed by atoms with Gasteiger partial charge in [-0.05, 0) is 74.2 Å². The number of hydrogen-bond acceptors (Lipinski definition) is 5. The standard InChI is InChI=1S/C25H23BrCl2N2O5/c1-12-8-21(13(2)7-18(12)26)29-22(31)11-35-25(34)14-3-5-15(6-4-14)30-23(32)16-9-19(27)20(28)10-17(16)24(30)33/h3-8,16-17,19-20H,9-11H2,1-2H3,(H,29,31)/t16-,17+,19+,20-. The zero-order chi connectivity index (χ0) is 25.4. The van der Waals surface area contributed by atoms with Crippen LogP contribution in [-0.2, 0) is 19.1 Å². The van der Waals surface area contributed by atoms with Gasteiger partial charge in [-0.3, -0.25) is 19.3 Å². The number of alkyl halides is 2. The Morgan fingerprint density at radius 3 is 2.14 bits per heavy atom. The van der Waals surface area contributed by atoms with Crippen molar-refractivity contribution >= 4 is 74.2 Å². The molecule has 1 heterocycles. The third kappa shape index (κ3) is 5.25. The third-order valence-electron chi connectivity index (χ3n) is 6.39. The number of amides is 3. The molecule has 2 aromatic rings. The van der Waals surface area contributed by atoms with Crippen LogP contribution in [0.1, 0.15) is 34.3 Å². The second-order valence-electron chi connectivity index (χ2n) is 8.82. The first kappa shape index (κ1) is 25.7. The van der Waals surface area contributed by atoms with Crippen LogP contribution in [0.2, 0.25) is 0 Å². The van der Waals surface area contributed by atoms with E-state index in [9.17, 15) is 19.2 Å². The topological polar surface area (TPSA) is 92.8 Å². The lowest BCUT2D eigenvalue weighted by Gasteiger charge is -2.28. The number of ether oxygens (including phenoxy) is 1. The molecular weight excluding hydrogens is 559 g/mol. The fourth-order valence-corrected chi connectivity index (χ4v) is 5.46. The molecule has 2 fully saturated rings. The predicted octanol–water partition coefficient (Wildman–Crippen LogP) is 4.98. The average molecular weight is 582 g/mol. The molecule has 0 bridgehead atoms. The molecule has 0 aromatic heterocycles. The number of anilines is 2. The van der Waals surface area contributed by atoms with Gasteiger partial charge in [0.25, 0.3) is 5.91 Å². The van der Waals surface area contributed by atoms with E-state index >= 15 is 0 Å². The van der Waals surface area contributed by atoms with Crippen molar-refractivity contribution < 1.29 is 23.9 Å². The van der Waals surface area contributed by atoms with E-state index in [1.54, 1.807) is 0 Å². The van der Waals surface area contributed by atoms with Crippen molar-refractivity contribution in [3.05, 3.63) is 57.6 Å². The Morgan fingerprint density at radius 1 is 1.00 bits per heavy atom. The maximum atomic E-state index is 12.9. The molecule has 7 nitrogen and oxygen atoms in total. The highest BCUT2D eigenvalue weighted by molar-refractivity contribution is 9.10. The van der Waals surface area contributed by atoms with Crippen LogP contribution < -0.4 is 10.2 Å². The summed E-state index contributed by atoms with van der Waals surface area (Å²) in [5, 5.41) is 2.01. The summed E-state index contributed by atoms with van der Waals surface area (Å²) < 4.78 is 6.06. The average Bonchev–Trinajstić information content (AvgIpc) is 3.05. The van der Waals surface area contributed by atoms with Crippen molar-refractivity contribution in [2.24, 2.45) is 11.8 Å². The SMILES string of the molecule is Cc1cc(NC(=O)COC(=O)c2ccc(N3C(=O)[C@H]4C[C@@H](Cl)[C@@H](Cl)C[C@H]4C3=O)cc2)c(C)cc1Br. The van der Waals surface area contributed by atoms with Crippen molar-refractivity contribution in [3.8, 4) is 0 Å².